The smallest absolute Gasteiger partial charge is 0.330 e. The van der Waals surface area contributed by atoms with Crippen molar-refractivity contribution in [3.8, 4) is 29.4 Å². The normalized spacial score (nSPS) is 10.1. The molecule has 0 radical (unpaired) electrons. The van der Waals surface area contributed by atoms with Crippen LogP contribution in [0.3, 0.4) is 0 Å². The number of carbonyl (C=O) groups is 6. The summed E-state index contributed by atoms with van der Waals surface area (Å²) in [6.45, 7) is 8.95. The number of hydrogen-bond acceptors (Lipinski definition) is 15. The highest BCUT2D eigenvalue weighted by Gasteiger charge is 2.11. The van der Waals surface area contributed by atoms with Gasteiger partial charge in [0.25, 0.3) is 0 Å². The van der Waals surface area contributed by atoms with Crippen LogP contribution in [0.25, 0.3) is 0 Å². The molecule has 0 unspecified atom stereocenters. The molecule has 0 bridgehead atoms. The minimum Gasteiger partial charge on any atom is -0.489 e. The van der Waals surface area contributed by atoms with E-state index in [1.54, 1.807) is 0 Å². The third-order valence-electron chi connectivity index (χ3n) is 8.75. The monoisotopic (exact) mass is 946 g/mol. The van der Waals surface area contributed by atoms with Gasteiger partial charge in [-0.1, -0.05) is 49.0 Å². The summed E-state index contributed by atoms with van der Waals surface area (Å²) in [5.74, 6) is 11.3. The van der Waals surface area contributed by atoms with Crippen LogP contribution in [0.5, 0.6) is 5.75 Å². The van der Waals surface area contributed by atoms with E-state index in [1.807, 2.05) is 97.9 Å². The number of rotatable bonds is 25. The fraction of sp³-hybridized carbons (Fsp3) is 0.269. The maximum Gasteiger partial charge on any atom is 0.330 e. The first-order valence-corrected chi connectivity index (χ1v) is 23.0. The minimum absolute atomic E-state index is 0.0826. The van der Waals surface area contributed by atoms with E-state index in [-0.39, 0.29) is 65.3 Å². The van der Waals surface area contributed by atoms with Crippen LogP contribution in [0.15, 0.2) is 126 Å². The Morgan fingerprint density at radius 2 is 0.836 bits per heavy atom. The highest BCUT2D eigenvalue weighted by atomic mass is 32.2. The fourth-order valence-corrected chi connectivity index (χ4v) is 6.79. The standard InChI is InChI=1S/C52H50O13S2/c1-4-47(53)59-28-30-61-49(55)24-26-51(57)63-32-34-66-44-19-14-40(15-20-44)7-6-39-9-12-43(13-10-39)37-65-46-23-18-42(36-38(46)3)11-8-41-16-21-45(22-17-41)67-35-33-64-52(58)27-25-50(56)62-31-29-60-48(54)5-2/h4-5,9-10,12-23,36H,1-2,24-35,37H2,3H3. The lowest BCUT2D eigenvalue weighted by molar-refractivity contribution is -0.152. The summed E-state index contributed by atoms with van der Waals surface area (Å²) >= 11 is 3.07. The number of thioether (sulfide) groups is 2. The molecule has 67 heavy (non-hydrogen) atoms. The fourth-order valence-electron chi connectivity index (χ4n) is 5.33. The highest BCUT2D eigenvalue weighted by Crippen LogP contribution is 2.22. The quantitative estimate of drug-likeness (QED) is 0.0158. The Hall–Kier alpha value is -7.20. The van der Waals surface area contributed by atoms with Crippen LogP contribution in [-0.2, 0) is 63.8 Å². The molecule has 0 N–H and O–H groups in total. The van der Waals surface area contributed by atoms with Gasteiger partial charge in [0.2, 0.25) is 0 Å². The Labute approximate surface area is 398 Å². The molecule has 0 aliphatic carbocycles. The Morgan fingerprint density at radius 1 is 0.478 bits per heavy atom. The lowest BCUT2D eigenvalue weighted by atomic mass is 10.1. The van der Waals surface area contributed by atoms with Crippen LogP contribution in [-0.4, -0.2) is 87.0 Å². The number of esters is 6. The maximum absolute atomic E-state index is 12.0. The summed E-state index contributed by atoms with van der Waals surface area (Å²) < 4.78 is 35.8. The number of aryl methyl sites for hydroxylation is 1. The Kier molecular flexibility index (Phi) is 23.5. The van der Waals surface area contributed by atoms with Crippen molar-refractivity contribution in [2.24, 2.45) is 0 Å². The number of benzene rings is 4. The summed E-state index contributed by atoms with van der Waals surface area (Å²) in [4.78, 5) is 71.3. The molecule has 0 heterocycles. The SMILES string of the molecule is C=CC(=O)OCCOC(=O)CCC(=O)OCCSc1ccc(C#Cc2ccc(COc3ccc(C#Cc4ccc(SCCOC(=O)CCC(=O)OCCOC(=O)C=C)cc4)cc3C)cc2)cc1. The summed E-state index contributed by atoms with van der Waals surface area (Å²) in [7, 11) is 0. The van der Waals surface area contributed by atoms with Gasteiger partial charge >= 0.3 is 35.8 Å². The van der Waals surface area contributed by atoms with Crippen molar-refractivity contribution in [2.75, 3.05) is 51.1 Å². The lowest BCUT2D eigenvalue weighted by Crippen LogP contribution is -2.15. The third-order valence-corrected chi connectivity index (χ3v) is 10.7. The average molecular weight is 947 g/mol. The van der Waals surface area contributed by atoms with Crippen LogP contribution < -0.4 is 4.74 Å². The zero-order chi connectivity index (χ0) is 48.1. The summed E-state index contributed by atoms with van der Waals surface area (Å²) in [5.41, 5.74) is 5.43. The van der Waals surface area contributed by atoms with E-state index in [9.17, 15) is 28.8 Å². The molecule has 4 rings (SSSR count). The summed E-state index contributed by atoms with van der Waals surface area (Å²) in [6.07, 6.45) is 1.57. The molecular formula is C52H50O13S2. The topological polar surface area (TPSA) is 167 Å². The van der Waals surface area contributed by atoms with E-state index in [2.05, 4.69) is 36.8 Å². The summed E-state index contributed by atoms with van der Waals surface area (Å²) in [6, 6.07) is 29.3. The number of hydrogen-bond donors (Lipinski definition) is 0. The van der Waals surface area contributed by atoms with Gasteiger partial charge in [0, 0.05) is 55.7 Å². The molecule has 4 aromatic carbocycles. The van der Waals surface area contributed by atoms with Crippen molar-refractivity contribution < 1.29 is 61.9 Å². The molecule has 348 valence electrons. The van der Waals surface area contributed by atoms with Gasteiger partial charge in [-0.3, -0.25) is 19.2 Å². The third kappa shape index (κ3) is 22.0. The Balaban J connectivity index is 1.09. The molecule has 0 saturated carbocycles. The van der Waals surface area contributed by atoms with Gasteiger partial charge < -0.3 is 33.2 Å². The Morgan fingerprint density at radius 3 is 1.24 bits per heavy atom. The van der Waals surface area contributed by atoms with Gasteiger partial charge in [-0.25, -0.2) is 9.59 Å². The molecule has 0 aliphatic heterocycles. The van der Waals surface area contributed by atoms with Crippen LogP contribution in [0.1, 0.15) is 59.1 Å². The summed E-state index contributed by atoms with van der Waals surface area (Å²) in [5, 5.41) is 0. The van der Waals surface area contributed by atoms with Crippen molar-refractivity contribution in [2.45, 2.75) is 49.0 Å². The second kappa shape index (κ2) is 30.1. The van der Waals surface area contributed by atoms with Gasteiger partial charge in [-0.05, 0) is 96.9 Å². The highest BCUT2D eigenvalue weighted by molar-refractivity contribution is 7.99. The first-order chi connectivity index (χ1) is 32.5. The first kappa shape index (κ1) is 52.4. The second-order valence-corrected chi connectivity index (χ2v) is 16.2. The van der Waals surface area contributed by atoms with Crippen LogP contribution in [0.4, 0.5) is 0 Å². The van der Waals surface area contributed by atoms with E-state index in [0.717, 1.165) is 61.1 Å². The molecule has 15 heteroatoms. The van der Waals surface area contributed by atoms with Crippen molar-refractivity contribution in [3.05, 3.63) is 150 Å². The molecule has 0 spiro atoms. The molecule has 4 aromatic rings. The van der Waals surface area contributed by atoms with Crippen LogP contribution in [0, 0.1) is 30.6 Å². The van der Waals surface area contributed by atoms with E-state index in [0.29, 0.717) is 18.1 Å². The van der Waals surface area contributed by atoms with E-state index < -0.39 is 35.8 Å². The molecule has 0 aromatic heterocycles. The van der Waals surface area contributed by atoms with Gasteiger partial charge in [0.1, 0.15) is 52.0 Å². The molecule has 0 amide bonds. The van der Waals surface area contributed by atoms with Gasteiger partial charge in [-0.15, -0.1) is 23.5 Å². The van der Waals surface area contributed by atoms with E-state index >= 15 is 0 Å². The number of carbonyl (C=O) groups excluding carboxylic acids is 6. The largest absolute Gasteiger partial charge is 0.489 e. The number of ether oxygens (including phenoxy) is 7. The zero-order valence-corrected chi connectivity index (χ0v) is 38.7. The average Bonchev–Trinajstić information content (AvgIpc) is 3.34. The molecule has 13 nitrogen and oxygen atoms in total. The molecule has 0 fully saturated rings. The van der Waals surface area contributed by atoms with Gasteiger partial charge in [-0.2, -0.15) is 0 Å². The zero-order valence-electron chi connectivity index (χ0n) is 37.0. The predicted molar refractivity (Wildman–Crippen MR) is 253 cm³/mol. The first-order valence-electron chi connectivity index (χ1n) is 21.0. The van der Waals surface area contributed by atoms with Crippen molar-refractivity contribution in [3.63, 3.8) is 0 Å². The van der Waals surface area contributed by atoms with Gasteiger partial charge in [0.05, 0.1) is 25.7 Å². The van der Waals surface area contributed by atoms with Crippen LogP contribution >= 0.6 is 23.5 Å². The van der Waals surface area contributed by atoms with Crippen molar-refractivity contribution >= 4 is 59.3 Å². The maximum atomic E-state index is 12.0. The molecule has 0 saturated heterocycles. The van der Waals surface area contributed by atoms with Gasteiger partial charge in [0.15, 0.2) is 0 Å². The van der Waals surface area contributed by atoms with E-state index in [1.165, 1.54) is 23.5 Å². The second-order valence-electron chi connectivity index (χ2n) is 13.8. The lowest BCUT2D eigenvalue weighted by Gasteiger charge is -2.09. The van der Waals surface area contributed by atoms with Crippen molar-refractivity contribution in [1.29, 1.82) is 0 Å². The van der Waals surface area contributed by atoms with Crippen LogP contribution in [0.2, 0.25) is 0 Å². The molecule has 0 aliphatic rings. The molecular weight excluding hydrogens is 897 g/mol. The minimum atomic E-state index is -0.606. The Bertz CT molecular complexity index is 2440. The molecule has 0 atom stereocenters. The van der Waals surface area contributed by atoms with Crippen molar-refractivity contribution in [1.82, 2.24) is 0 Å². The van der Waals surface area contributed by atoms with E-state index in [4.69, 9.17) is 33.2 Å². The predicted octanol–water partition coefficient (Wildman–Crippen LogP) is 7.75.